The summed E-state index contributed by atoms with van der Waals surface area (Å²) in [5.41, 5.74) is 22.9. The number of anilines is 3. The van der Waals surface area contributed by atoms with Crippen LogP contribution in [0.4, 0.5) is 17.1 Å². The third-order valence-corrected chi connectivity index (χ3v) is 9.20. The van der Waals surface area contributed by atoms with Crippen molar-refractivity contribution >= 4 is 17.1 Å². The standard InChI is InChI=1S/C48H36N2/c49-46-26-13-14-27-47(46)50-48-44(42-30-38(34-16-5-1-6-17-34)28-39(31-42)35-18-7-2-8-19-35)24-15-25-45(48)43-32-40(36-20-9-3-10-21-36)29-41(33-43)37-22-11-4-12-23-37/h1-33,50H,49H2. The molecule has 2 heteroatoms. The average molecular weight is 641 g/mol. The quantitative estimate of drug-likeness (QED) is 0.162. The summed E-state index contributed by atoms with van der Waals surface area (Å²) in [5.74, 6) is 0. The molecule has 238 valence electrons. The molecule has 8 aromatic carbocycles. The molecule has 0 heterocycles. The van der Waals surface area contributed by atoms with Crippen molar-refractivity contribution in [1.29, 1.82) is 0 Å². The zero-order valence-electron chi connectivity index (χ0n) is 27.6. The summed E-state index contributed by atoms with van der Waals surface area (Å²) in [7, 11) is 0. The Hall–Kier alpha value is -6.64. The summed E-state index contributed by atoms with van der Waals surface area (Å²) in [5, 5.41) is 3.82. The fourth-order valence-electron chi connectivity index (χ4n) is 6.67. The maximum Gasteiger partial charge on any atom is 0.0618 e. The van der Waals surface area contributed by atoms with Crippen molar-refractivity contribution in [2.45, 2.75) is 0 Å². The summed E-state index contributed by atoms with van der Waals surface area (Å²) in [6.45, 7) is 0. The second-order valence-corrected chi connectivity index (χ2v) is 12.5. The van der Waals surface area contributed by atoms with Crippen LogP contribution in [0.1, 0.15) is 0 Å². The summed E-state index contributed by atoms with van der Waals surface area (Å²) in [4.78, 5) is 0. The van der Waals surface area contributed by atoms with Crippen LogP contribution in [0.5, 0.6) is 0 Å². The molecule has 8 rings (SSSR count). The van der Waals surface area contributed by atoms with Gasteiger partial charge < -0.3 is 11.1 Å². The van der Waals surface area contributed by atoms with Crippen LogP contribution < -0.4 is 11.1 Å². The van der Waals surface area contributed by atoms with Crippen LogP contribution >= 0.6 is 0 Å². The lowest BCUT2D eigenvalue weighted by Gasteiger charge is -2.21. The van der Waals surface area contributed by atoms with E-state index in [1.54, 1.807) is 0 Å². The number of hydrogen-bond acceptors (Lipinski definition) is 2. The van der Waals surface area contributed by atoms with Gasteiger partial charge in [-0.1, -0.05) is 152 Å². The van der Waals surface area contributed by atoms with Crippen LogP contribution in [0.15, 0.2) is 200 Å². The third kappa shape index (κ3) is 6.43. The molecule has 3 N–H and O–H groups in total. The van der Waals surface area contributed by atoms with Crippen LogP contribution in [-0.2, 0) is 0 Å². The number of rotatable bonds is 8. The van der Waals surface area contributed by atoms with Gasteiger partial charge in [0.25, 0.3) is 0 Å². The number of nitrogens with two attached hydrogens (primary N) is 1. The molecule has 0 aromatic heterocycles. The van der Waals surface area contributed by atoms with E-state index in [1.165, 1.54) is 22.3 Å². The first-order chi connectivity index (χ1) is 24.7. The van der Waals surface area contributed by atoms with E-state index in [1.807, 2.05) is 24.3 Å². The number of para-hydroxylation sites is 3. The highest BCUT2D eigenvalue weighted by Crippen LogP contribution is 2.44. The van der Waals surface area contributed by atoms with Gasteiger partial charge in [0.2, 0.25) is 0 Å². The molecule has 0 bridgehead atoms. The fourth-order valence-corrected chi connectivity index (χ4v) is 6.67. The van der Waals surface area contributed by atoms with Gasteiger partial charge in [-0.15, -0.1) is 0 Å². The average Bonchev–Trinajstić information content (AvgIpc) is 3.20. The normalized spacial score (nSPS) is 10.9. The second kappa shape index (κ2) is 13.8. The van der Waals surface area contributed by atoms with E-state index in [0.29, 0.717) is 5.69 Å². The monoisotopic (exact) mass is 640 g/mol. The minimum Gasteiger partial charge on any atom is -0.397 e. The fraction of sp³-hybridized carbons (Fsp3) is 0. The molecule has 0 amide bonds. The van der Waals surface area contributed by atoms with E-state index in [4.69, 9.17) is 5.73 Å². The molecule has 0 fully saturated rings. The van der Waals surface area contributed by atoms with Gasteiger partial charge in [-0.25, -0.2) is 0 Å². The van der Waals surface area contributed by atoms with Crippen molar-refractivity contribution in [1.82, 2.24) is 0 Å². The molecule has 0 saturated carbocycles. The van der Waals surface area contributed by atoms with Gasteiger partial charge in [0, 0.05) is 11.1 Å². The van der Waals surface area contributed by atoms with Crippen LogP contribution in [0.2, 0.25) is 0 Å². The first-order valence-electron chi connectivity index (χ1n) is 17.0. The van der Waals surface area contributed by atoms with Gasteiger partial charge in [0.05, 0.1) is 17.1 Å². The topological polar surface area (TPSA) is 38.0 Å². The Kier molecular flexibility index (Phi) is 8.49. The van der Waals surface area contributed by atoms with Crippen molar-refractivity contribution in [3.05, 3.63) is 200 Å². The van der Waals surface area contributed by atoms with Crippen LogP contribution in [0, 0.1) is 0 Å². The highest BCUT2D eigenvalue weighted by molar-refractivity contribution is 5.97. The van der Waals surface area contributed by atoms with Crippen LogP contribution in [-0.4, -0.2) is 0 Å². The molecule has 50 heavy (non-hydrogen) atoms. The first kappa shape index (κ1) is 30.7. The lowest BCUT2D eigenvalue weighted by Crippen LogP contribution is -2.00. The third-order valence-electron chi connectivity index (χ3n) is 9.20. The Morgan fingerprint density at radius 3 is 0.960 bits per heavy atom. The van der Waals surface area contributed by atoms with Gasteiger partial charge in [-0.3, -0.25) is 0 Å². The predicted molar refractivity (Wildman–Crippen MR) is 213 cm³/mol. The van der Waals surface area contributed by atoms with E-state index in [9.17, 15) is 0 Å². The maximum absolute atomic E-state index is 6.58. The lowest BCUT2D eigenvalue weighted by molar-refractivity contribution is 1.50. The SMILES string of the molecule is Nc1ccccc1Nc1c(-c2cc(-c3ccccc3)cc(-c3ccccc3)c2)cccc1-c1cc(-c2ccccc2)cc(-c2ccccc2)c1. The predicted octanol–water partition coefficient (Wildman–Crippen LogP) is 13.0. The molecule has 0 unspecified atom stereocenters. The molecular weight excluding hydrogens is 605 g/mol. The van der Waals surface area contributed by atoms with Gasteiger partial charge in [-0.2, -0.15) is 0 Å². The smallest absolute Gasteiger partial charge is 0.0618 e. The van der Waals surface area contributed by atoms with Crippen molar-refractivity contribution in [2.75, 3.05) is 11.1 Å². The molecule has 0 aliphatic rings. The van der Waals surface area contributed by atoms with Crippen molar-refractivity contribution in [2.24, 2.45) is 0 Å². The Labute approximate surface area is 294 Å². The zero-order chi connectivity index (χ0) is 33.7. The number of benzene rings is 8. The molecule has 0 spiro atoms. The van der Waals surface area contributed by atoms with E-state index >= 15 is 0 Å². The summed E-state index contributed by atoms with van der Waals surface area (Å²) in [6, 6.07) is 70.8. The van der Waals surface area contributed by atoms with Gasteiger partial charge >= 0.3 is 0 Å². The molecule has 2 nitrogen and oxygen atoms in total. The van der Waals surface area contributed by atoms with Crippen LogP contribution in [0.3, 0.4) is 0 Å². The van der Waals surface area contributed by atoms with E-state index in [0.717, 1.165) is 55.9 Å². The number of nitrogens with one attached hydrogen (secondary N) is 1. The van der Waals surface area contributed by atoms with Gasteiger partial charge in [0.1, 0.15) is 0 Å². The highest BCUT2D eigenvalue weighted by atomic mass is 14.9. The molecule has 0 saturated heterocycles. The molecule has 0 aliphatic carbocycles. The largest absolute Gasteiger partial charge is 0.397 e. The summed E-state index contributed by atoms with van der Waals surface area (Å²) >= 11 is 0. The van der Waals surface area contributed by atoms with Crippen molar-refractivity contribution in [3.8, 4) is 66.8 Å². The molecule has 0 atom stereocenters. The summed E-state index contributed by atoms with van der Waals surface area (Å²) in [6.07, 6.45) is 0. The lowest BCUT2D eigenvalue weighted by atomic mass is 9.89. The van der Waals surface area contributed by atoms with E-state index in [-0.39, 0.29) is 0 Å². The molecular formula is C48H36N2. The Bertz CT molecular complexity index is 2120. The minimum atomic E-state index is 0.694. The maximum atomic E-state index is 6.58. The molecule has 0 radical (unpaired) electrons. The van der Waals surface area contributed by atoms with Crippen molar-refractivity contribution < 1.29 is 0 Å². The highest BCUT2D eigenvalue weighted by Gasteiger charge is 2.17. The molecule has 8 aromatic rings. The van der Waals surface area contributed by atoms with Crippen LogP contribution in [0.25, 0.3) is 66.8 Å². The number of hydrogen-bond donors (Lipinski definition) is 2. The van der Waals surface area contributed by atoms with Gasteiger partial charge in [-0.05, 0) is 104 Å². The summed E-state index contributed by atoms with van der Waals surface area (Å²) < 4.78 is 0. The Balaban J connectivity index is 1.39. The Morgan fingerprint density at radius 2 is 0.600 bits per heavy atom. The first-order valence-corrected chi connectivity index (χ1v) is 17.0. The van der Waals surface area contributed by atoms with E-state index < -0.39 is 0 Å². The Morgan fingerprint density at radius 1 is 0.280 bits per heavy atom. The molecule has 0 aliphatic heterocycles. The van der Waals surface area contributed by atoms with Crippen molar-refractivity contribution in [3.63, 3.8) is 0 Å². The van der Waals surface area contributed by atoms with Gasteiger partial charge in [0.15, 0.2) is 0 Å². The zero-order valence-corrected chi connectivity index (χ0v) is 27.6. The second-order valence-electron chi connectivity index (χ2n) is 12.5. The van der Waals surface area contributed by atoms with E-state index in [2.05, 4.69) is 181 Å². The number of nitrogen functional groups attached to an aromatic ring is 1. The minimum absolute atomic E-state index is 0.694.